The van der Waals surface area contributed by atoms with Gasteiger partial charge in [0.05, 0.1) is 5.69 Å². The van der Waals surface area contributed by atoms with Crippen molar-refractivity contribution in [3.63, 3.8) is 0 Å². The highest BCUT2D eigenvalue weighted by Crippen LogP contribution is 2.30. The van der Waals surface area contributed by atoms with Gasteiger partial charge in [0, 0.05) is 12.6 Å². The molecule has 0 saturated carbocycles. The number of aromatic nitrogens is 1. The molecule has 1 saturated heterocycles. The van der Waals surface area contributed by atoms with Crippen LogP contribution in [0.2, 0.25) is 0 Å². The van der Waals surface area contributed by atoms with Crippen LogP contribution in [0.5, 0.6) is 0 Å². The Morgan fingerprint density at radius 1 is 1.39 bits per heavy atom. The Morgan fingerprint density at radius 3 is 2.78 bits per heavy atom. The van der Waals surface area contributed by atoms with Crippen LogP contribution < -0.4 is 10.6 Å². The van der Waals surface area contributed by atoms with Crippen LogP contribution in [0.3, 0.4) is 0 Å². The molecule has 0 spiro atoms. The standard InChI is InChI=1S/C14H21N3S/c1-9-7-10(2)11(3)17(8-9)13-6-4-5-12(16-13)14(15)18/h4-6,9-11H,7-8H2,1-3H3,(H2,15,18). The van der Waals surface area contributed by atoms with Gasteiger partial charge in [-0.25, -0.2) is 4.98 Å². The number of pyridine rings is 1. The van der Waals surface area contributed by atoms with Crippen molar-refractivity contribution in [1.82, 2.24) is 4.98 Å². The molecule has 1 fully saturated rings. The Kier molecular flexibility index (Phi) is 3.85. The van der Waals surface area contributed by atoms with E-state index in [9.17, 15) is 0 Å². The Bertz CT molecular complexity index is 446. The third-order valence-electron chi connectivity index (χ3n) is 3.88. The van der Waals surface area contributed by atoms with Crippen LogP contribution in [-0.4, -0.2) is 22.6 Å². The third-order valence-corrected chi connectivity index (χ3v) is 4.09. The highest BCUT2D eigenvalue weighted by Gasteiger charge is 2.29. The lowest BCUT2D eigenvalue weighted by atomic mass is 9.86. The second kappa shape index (κ2) is 5.22. The van der Waals surface area contributed by atoms with Crippen molar-refractivity contribution >= 4 is 23.0 Å². The average molecular weight is 263 g/mol. The second-order valence-corrected chi connectivity index (χ2v) is 5.90. The summed E-state index contributed by atoms with van der Waals surface area (Å²) in [4.78, 5) is 7.31. The summed E-state index contributed by atoms with van der Waals surface area (Å²) in [5, 5.41) is 0. The molecule has 0 aromatic carbocycles. The van der Waals surface area contributed by atoms with Crippen molar-refractivity contribution in [2.24, 2.45) is 17.6 Å². The Labute approximate surface area is 114 Å². The molecule has 2 heterocycles. The van der Waals surface area contributed by atoms with Crippen molar-refractivity contribution in [1.29, 1.82) is 0 Å². The zero-order chi connectivity index (χ0) is 13.3. The second-order valence-electron chi connectivity index (χ2n) is 5.46. The molecule has 3 atom stereocenters. The molecule has 98 valence electrons. The fraction of sp³-hybridized carbons (Fsp3) is 0.571. The first-order chi connectivity index (χ1) is 8.49. The van der Waals surface area contributed by atoms with Gasteiger partial charge in [-0.2, -0.15) is 0 Å². The quantitative estimate of drug-likeness (QED) is 0.833. The van der Waals surface area contributed by atoms with E-state index >= 15 is 0 Å². The monoisotopic (exact) mass is 263 g/mol. The first-order valence-corrected chi connectivity index (χ1v) is 6.93. The molecule has 18 heavy (non-hydrogen) atoms. The van der Waals surface area contributed by atoms with Crippen LogP contribution in [-0.2, 0) is 0 Å². The van der Waals surface area contributed by atoms with E-state index in [1.54, 1.807) is 0 Å². The van der Waals surface area contributed by atoms with Gasteiger partial charge in [-0.15, -0.1) is 0 Å². The van der Waals surface area contributed by atoms with Gasteiger partial charge >= 0.3 is 0 Å². The van der Waals surface area contributed by atoms with Crippen molar-refractivity contribution in [2.75, 3.05) is 11.4 Å². The molecule has 1 aliphatic heterocycles. The fourth-order valence-corrected chi connectivity index (χ4v) is 2.85. The van der Waals surface area contributed by atoms with Crippen LogP contribution >= 0.6 is 12.2 Å². The minimum Gasteiger partial charge on any atom is -0.388 e. The van der Waals surface area contributed by atoms with Crippen LogP contribution in [0.1, 0.15) is 32.9 Å². The van der Waals surface area contributed by atoms with Crippen molar-refractivity contribution < 1.29 is 0 Å². The van der Waals surface area contributed by atoms with Crippen molar-refractivity contribution in [3.05, 3.63) is 23.9 Å². The highest BCUT2D eigenvalue weighted by atomic mass is 32.1. The normalized spacial score (nSPS) is 28.2. The van der Waals surface area contributed by atoms with Crippen LogP contribution in [0.25, 0.3) is 0 Å². The Balaban J connectivity index is 2.29. The van der Waals surface area contributed by atoms with E-state index in [-0.39, 0.29) is 0 Å². The van der Waals surface area contributed by atoms with Gasteiger partial charge in [0.2, 0.25) is 0 Å². The molecule has 0 aliphatic carbocycles. The lowest BCUT2D eigenvalue weighted by Crippen LogP contribution is -2.46. The van der Waals surface area contributed by atoms with Crippen LogP contribution in [0, 0.1) is 11.8 Å². The van der Waals surface area contributed by atoms with E-state index in [1.807, 2.05) is 18.2 Å². The summed E-state index contributed by atoms with van der Waals surface area (Å²) in [6, 6.07) is 6.40. The van der Waals surface area contributed by atoms with E-state index in [0.717, 1.165) is 12.4 Å². The maximum atomic E-state index is 5.65. The number of nitrogens with two attached hydrogens (primary N) is 1. The predicted octanol–water partition coefficient (Wildman–Crippen LogP) is 2.59. The Hall–Kier alpha value is -1.16. The summed E-state index contributed by atoms with van der Waals surface area (Å²) >= 11 is 5.00. The first-order valence-electron chi connectivity index (χ1n) is 6.52. The maximum Gasteiger partial charge on any atom is 0.129 e. The summed E-state index contributed by atoms with van der Waals surface area (Å²) in [5.41, 5.74) is 6.36. The first kappa shape index (κ1) is 13.3. The summed E-state index contributed by atoms with van der Waals surface area (Å²) in [7, 11) is 0. The van der Waals surface area contributed by atoms with Gasteiger partial charge in [-0.1, -0.05) is 32.1 Å². The van der Waals surface area contributed by atoms with E-state index < -0.39 is 0 Å². The summed E-state index contributed by atoms with van der Waals surface area (Å²) in [6.45, 7) is 7.93. The van der Waals surface area contributed by atoms with Crippen LogP contribution in [0.4, 0.5) is 5.82 Å². The molecule has 3 unspecified atom stereocenters. The SMILES string of the molecule is CC1CC(C)C(C)N(c2cccc(C(N)=S)n2)C1. The number of rotatable bonds is 2. The average Bonchev–Trinajstić information content (AvgIpc) is 2.34. The predicted molar refractivity (Wildman–Crippen MR) is 79.9 cm³/mol. The van der Waals surface area contributed by atoms with Gasteiger partial charge in [0.1, 0.15) is 10.8 Å². The van der Waals surface area contributed by atoms with Crippen molar-refractivity contribution in [3.8, 4) is 0 Å². The third kappa shape index (κ3) is 2.64. The molecule has 2 rings (SSSR count). The number of thiocarbonyl (C=S) groups is 1. The number of hydrogen-bond acceptors (Lipinski definition) is 3. The number of hydrogen-bond donors (Lipinski definition) is 1. The molecule has 0 bridgehead atoms. The van der Waals surface area contributed by atoms with E-state index in [1.165, 1.54) is 6.42 Å². The topological polar surface area (TPSA) is 42.1 Å². The molecule has 1 aromatic heterocycles. The number of anilines is 1. The van der Waals surface area contributed by atoms with Gasteiger partial charge in [-0.3, -0.25) is 0 Å². The Morgan fingerprint density at radius 2 is 2.11 bits per heavy atom. The maximum absolute atomic E-state index is 5.65. The number of nitrogens with zero attached hydrogens (tertiary/aromatic N) is 2. The smallest absolute Gasteiger partial charge is 0.129 e. The van der Waals surface area contributed by atoms with E-state index in [0.29, 0.717) is 28.6 Å². The van der Waals surface area contributed by atoms with E-state index in [2.05, 4.69) is 30.7 Å². The zero-order valence-corrected chi connectivity index (χ0v) is 12.1. The van der Waals surface area contributed by atoms with Gasteiger partial charge < -0.3 is 10.6 Å². The minimum absolute atomic E-state index is 0.364. The minimum atomic E-state index is 0.364. The highest BCUT2D eigenvalue weighted by molar-refractivity contribution is 7.80. The van der Waals surface area contributed by atoms with Gasteiger partial charge in [-0.05, 0) is 37.3 Å². The molecule has 4 heteroatoms. The van der Waals surface area contributed by atoms with Gasteiger partial charge in [0.15, 0.2) is 0 Å². The van der Waals surface area contributed by atoms with Crippen molar-refractivity contribution in [2.45, 2.75) is 33.2 Å². The zero-order valence-electron chi connectivity index (χ0n) is 11.3. The molecular weight excluding hydrogens is 242 g/mol. The molecular formula is C14H21N3S. The molecule has 3 nitrogen and oxygen atoms in total. The summed E-state index contributed by atoms with van der Waals surface area (Å²) in [5.74, 6) is 2.38. The lowest BCUT2D eigenvalue weighted by molar-refractivity contribution is 0.295. The number of piperidine rings is 1. The molecule has 1 aromatic rings. The molecule has 0 radical (unpaired) electrons. The molecule has 0 amide bonds. The summed E-state index contributed by atoms with van der Waals surface area (Å²) < 4.78 is 0. The van der Waals surface area contributed by atoms with Gasteiger partial charge in [0.25, 0.3) is 0 Å². The lowest BCUT2D eigenvalue weighted by Gasteiger charge is -2.42. The fourth-order valence-electron chi connectivity index (χ4n) is 2.74. The van der Waals surface area contributed by atoms with E-state index in [4.69, 9.17) is 18.0 Å². The van der Waals surface area contributed by atoms with Crippen LogP contribution in [0.15, 0.2) is 18.2 Å². The molecule has 2 N–H and O–H groups in total. The summed E-state index contributed by atoms with van der Waals surface area (Å²) in [6.07, 6.45) is 1.28. The molecule has 1 aliphatic rings. The largest absolute Gasteiger partial charge is 0.388 e.